The van der Waals surface area contributed by atoms with Crippen LogP contribution in [0.5, 0.6) is 0 Å². The average molecular weight is 313 g/mol. The number of sulfonamides is 1. The van der Waals surface area contributed by atoms with E-state index in [9.17, 15) is 8.42 Å². The van der Waals surface area contributed by atoms with Crippen molar-refractivity contribution in [1.82, 2.24) is 14.5 Å². The van der Waals surface area contributed by atoms with Gasteiger partial charge < -0.3 is 14.6 Å². The van der Waals surface area contributed by atoms with Crippen molar-refractivity contribution in [2.45, 2.75) is 36.9 Å². The average Bonchev–Trinajstić information content (AvgIpc) is 3.20. The molecule has 1 aliphatic heterocycles. The zero-order chi connectivity index (χ0) is 14.9. The molecule has 2 aliphatic rings. The molecule has 1 aromatic rings. The molecule has 0 bridgehead atoms. The van der Waals surface area contributed by atoms with Gasteiger partial charge in [-0.05, 0) is 45.0 Å². The minimum Gasteiger partial charge on any atom is -0.447 e. The monoisotopic (exact) mass is 313 g/mol. The zero-order valence-electron chi connectivity index (χ0n) is 12.4. The molecule has 1 saturated heterocycles. The van der Waals surface area contributed by atoms with E-state index >= 15 is 0 Å². The summed E-state index contributed by atoms with van der Waals surface area (Å²) in [6.45, 7) is 3.37. The second-order valence-corrected chi connectivity index (χ2v) is 7.81. The summed E-state index contributed by atoms with van der Waals surface area (Å²) in [6.07, 6.45) is 3.26. The van der Waals surface area contributed by atoms with Gasteiger partial charge in [0.05, 0.1) is 6.54 Å². The van der Waals surface area contributed by atoms with E-state index in [1.54, 1.807) is 12.1 Å². The number of hydrogen-bond donors (Lipinski definition) is 1. The summed E-state index contributed by atoms with van der Waals surface area (Å²) in [5.41, 5.74) is 0. The first-order valence-corrected chi connectivity index (χ1v) is 9.00. The van der Waals surface area contributed by atoms with Crippen molar-refractivity contribution in [3.05, 3.63) is 17.9 Å². The third kappa shape index (κ3) is 3.66. The van der Waals surface area contributed by atoms with E-state index in [4.69, 9.17) is 4.42 Å². The maximum absolute atomic E-state index is 12.6. The second-order valence-electron chi connectivity index (χ2n) is 5.94. The Balaban J connectivity index is 1.68. The highest BCUT2D eigenvalue weighted by Crippen LogP contribution is 2.22. The van der Waals surface area contributed by atoms with Gasteiger partial charge in [-0.1, -0.05) is 0 Å². The van der Waals surface area contributed by atoms with Crippen molar-refractivity contribution in [2.24, 2.45) is 0 Å². The van der Waals surface area contributed by atoms with E-state index in [1.165, 1.54) is 17.1 Å². The number of likely N-dealkylation sites (N-methyl/N-ethyl adjacent to an activating group) is 1. The molecule has 0 atom stereocenters. The Morgan fingerprint density at radius 2 is 2.05 bits per heavy atom. The minimum atomic E-state index is -3.50. The Labute approximate surface area is 126 Å². The van der Waals surface area contributed by atoms with Crippen LogP contribution in [0.3, 0.4) is 0 Å². The quantitative estimate of drug-likeness (QED) is 0.873. The third-order valence-corrected chi connectivity index (χ3v) is 5.82. The Kier molecular flexibility index (Phi) is 4.35. The van der Waals surface area contributed by atoms with Crippen LogP contribution < -0.4 is 5.32 Å². The Bertz CT molecular complexity index is 580. The summed E-state index contributed by atoms with van der Waals surface area (Å²) in [4.78, 5) is 2.16. The molecular formula is C14H23N3O3S. The Morgan fingerprint density at radius 3 is 2.81 bits per heavy atom. The first-order valence-electron chi connectivity index (χ1n) is 7.56. The first-order chi connectivity index (χ1) is 10.1. The molecular weight excluding hydrogens is 290 g/mol. The van der Waals surface area contributed by atoms with E-state index in [1.807, 2.05) is 7.05 Å². The topological polar surface area (TPSA) is 65.8 Å². The van der Waals surface area contributed by atoms with Crippen molar-refractivity contribution in [2.75, 3.05) is 33.2 Å². The molecule has 1 saturated carbocycles. The van der Waals surface area contributed by atoms with Crippen molar-refractivity contribution >= 4 is 10.0 Å². The van der Waals surface area contributed by atoms with Gasteiger partial charge >= 0.3 is 0 Å². The van der Waals surface area contributed by atoms with E-state index in [2.05, 4.69) is 10.2 Å². The molecule has 2 heterocycles. The van der Waals surface area contributed by atoms with Gasteiger partial charge in [0.25, 0.3) is 10.0 Å². The SMILES string of the molecule is CN1CCCN(S(=O)(=O)c2ccc(CNC3CC3)o2)CC1. The largest absolute Gasteiger partial charge is 0.447 e. The van der Waals surface area contributed by atoms with E-state index in [-0.39, 0.29) is 5.09 Å². The molecule has 118 valence electrons. The van der Waals surface area contributed by atoms with Gasteiger partial charge in [0, 0.05) is 25.7 Å². The van der Waals surface area contributed by atoms with E-state index in [0.717, 1.165) is 19.5 Å². The Hall–Kier alpha value is -0.890. The van der Waals surface area contributed by atoms with Crippen molar-refractivity contribution in [3.8, 4) is 0 Å². The van der Waals surface area contributed by atoms with Crippen LogP contribution in [0, 0.1) is 0 Å². The molecule has 2 fully saturated rings. The fraction of sp³-hybridized carbons (Fsp3) is 0.714. The minimum absolute atomic E-state index is 0.0691. The second kappa shape index (κ2) is 6.08. The van der Waals surface area contributed by atoms with Crippen molar-refractivity contribution < 1.29 is 12.8 Å². The zero-order valence-corrected chi connectivity index (χ0v) is 13.2. The number of furan rings is 1. The normalized spacial score (nSPS) is 22.3. The molecule has 1 aromatic heterocycles. The van der Waals surface area contributed by atoms with Crippen LogP contribution in [0.15, 0.2) is 21.6 Å². The molecule has 0 amide bonds. The van der Waals surface area contributed by atoms with Crippen molar-refractivity contribution in [1.29, 1.82) is 0 Å². The number of nitrogens with zero attached hydrogens (tertiary/aromatic N) is 2. The number of nitrogens with one attached hydrogen (secondary N) is 1. The summed E-state index contributed by atoms with van der Waals surface area (Å²) in [5, 5.41) is 3.39. The molecule has 0 radical (unpaired) electrons. The fourth-order valence-corrected chi connectivity index (χ4v) is 3.91. The lowest BCUT2D eigenvalue weighted by atomic mass is 10.4. The first kappa shape index (κ1) is 15.0. The van der Waals surface area contributed by atoms with Crippen LogP contribution >= 0.6 is 0 Å². The third-order valence-electron chi connectivity index (χ3n) is 4.05. The summed E-state index contributed by atoms with van der Waals surface area (Å²) in [6, 6.07) is 3.91. The molecule has 0 aromatic carbocycles. The Morgan fingerprint density at radius 1 is 1.24 bits per heavy atom. The predicted molar refractivity (Wildman–Crippen MR) is 79.4 cm³/mol. The van der Waals surface area contributed by atoms with Crippen LogP contribution in [0.25, 0.3) is 0 Å². The fourth-order valence-electron chi connectivity index (χ4n) is 2.51. The maximum Gasteiger partial charge on any atom is 0.276 e. The molecule has 0 spiro atoms. The van der Waals surface area contributed by atoms with Crippen LogP contribution in [0.4, 0.5) is 0 Å². The highest BCUT2D eigenvalue weighted by Gasteiger charge is 2.29. The highest BCUT2D eigenvalue weighted by molar-refractivity contribution is 7.89. The maximum atomic E-state index is 12.6. The lowest BCUT2D eigenvalue weighted by Gasteiger charge is -2.18. The summed E-state index contributed by atoms with van der Waals surface area (Å²) >= 11 is 0. The molecule has 7 heteroatoms. The molecule has 1 N–H and O–H groups in total. The smallest absolute Gasteiger partial charge is 0.276 e. The summed E-state index contributed by atoms with van der Waals surface area (Å²) in [7, 11) is -1.48. The van der Waals surface area contributed by atoms with Crippen LogP contribution in [0.2, 0.25) is 0 Å². The molecule has 1 aliphatic carbocycles. The summed E-state index contributed by atoms with van der Waals surface area (Å²) in [5.74, 6) is 0.687. The number of rotatable bonds is 5. The van der Waals surface area contributed by atoms with Gasteiger partial charge in [-0.25, -0.2) is 8.42 Å². The van der Waals surface area contributed by atoms with Crippen LogP contribution in [-0.2, 0) is 16.6 Å². The lowest BCUT2D eigenvalue weighted by Crippen LogP contribution is -2.34. The standard InChI is InChI=1S/C14H23N3O3S/c1-16-7-2-8-17(10-9-16)21(18,19)14-6-5-13(20-14)11-15-12-3-4-12/h5-6,12,15H,2-4,7-11H2,1H3. The van der Waals surface area contributed by atoms with Gasteiger partial charge in [0.2, 0.25) is 5.09 Å². The summed E-state index contributed by atoms with van der Waals surface area (Å²) < 4.78 is 32.3. The van der Waals surface area contributed by atoms with Crippen LogP contribution in [0.1, 0.15) is 25.0 Å². The van der Waals surface area contributed by atoms with E-state index < -0.39 is 10.0 Å². The van der Waals surface area contributed by atoms with Gasteiger partial charge in [-0.3, -0.25) is 0 Å². The molecule has 0 unspecified atom stereocenters. The number of hydrogen-bond acceptors (Lipinski definition) is 5. The molecule has 3 rings (SSSR count). The van der Waals surface area contributed by atoms with Gasteiger partial charge in [-0.2, -0.15) is 4.31 Å². The molecule has 6 nitrogen and oxygen atoms in total. The van der Waals surface area contributed by atoms with Gasteiger partial charge in [-0.15, -0.1) is 0 Å². The highest BCUT2D eigenvalue weighted by atomic mass is 32.2. The predicted octanol–water partition coefficient (Wildman–Crippen LogP) is 0.858. The van der Waals surface area contributed by atoms with E-state index in [0.29, 0.717) is 31.4 Å². The van der Waals surface area contributed by atoms with Gasteiger partial charge in [0.15, 0.2) is 0 Å². The van der Waals surface area contributed by atoms with Crippen LogP contribution in [-0.4, -0.2) is 56.9 Å². The van der Waals surface area contributed by atoms with Crippen molar-refractivity contribution in [3.63, 3.8) is 0 Å². The molecule has 21 heavy (non-hydrogen) atoms. The van der Waals surface area contributed by atoms with Gasteiger partial charge in [0.1, 0.15) is 5.76 Å². The lowest BCUT2D eigenvalue weighted by molar-refractivity contribution is 0.340.